The molecule has 0 aliphatic carbocycles. The number of aryl methyl sites for hydroxylation is 1. The van der Waals surface area contributed by atoms with Crippen molar-refractivity contribution in [3.8, 4) is 0 Å². The summed E-state index contributed by atoms with van der Waals surface area (Å²) in [7, 11) is 0. The second kappa shape index (κ2) is 6.64. The average molecular weight is 276 g/mol. The highest BCUT2D eigenvalue weighted by Gasteiger charge is 2.04. The van der Waals surface area contributed by atoms with Crippen LogP contribution < -0.4 is 5.32 Å². The Morgan fingerprint density at radius 2 is 1.95 bits per heavy atom. The van der Waals surface area contributed by atoms with Gasteiger partial charge in [0.1, 0.15) is 5.82 Å². The van der Waals surface area contributed by atoms with Crippen LogP contribution in [0.25, 0.3) is 0 Å². The van der Waals surface area contributed by atoms with Crippen LogP contribution in [0.4, 0.5) is 0 Å². The highest BCUT2D eigenvalue weighted by molar-refractivity contribution is 6.30. The van der Waals surface area contributed by atoms with E-state index in [9.17, 15) is 0 Å². The van der Waals surface area contributed by atoms with Gasteiger partial charge in [0.25, 0.3) is 0 Å². The van der Waals surface area contributed by atoms with E-state index in [2.05, 4.69) is 34.3 Å². The fourth-order valence-corrected chi connectivity index (χ4v) is 2.05. The van der Waals surface area contributed by atoms with Crippen LogP contribution in [-0.2, 0) is 13.0 Å². The molecule has 0 saturated heterocycles. The molecular formula is C15H18ClN3. The lowest BCUT2D eigenvalue weighted by atomic mass is 10.1. The third kappa shape index (κ3) is 4.62. The lowest BCUT2D eigenvalue weighted by Gasteiger charge is -2.13. The lowest BCUT2D eigenvalue weighted by molar-refractivity contribution is 0.539. The molecule has 0 bridgehead atoms. The van der Waals surface area contributed by atoms with Crippen molar-refractivity contribution in [1.82, 2.24) is 15.3 Å². The zero-order valence-electron chi connectivity index (χ0n) is 11.2. The molecule has 1 atom stereocenters. The van der Waals surface area contributed by atoms with Gasteiger partial charge in [-0.25, -0.2) is 9.97 Å². The normalized spacial score (nSPS) is 12.4. The Labute approximate surface area is 119 Å². The molecule has 19 heavy (non-hydrogen) atoms. The molecule has 0 aliphatic rings. The highest BCUT2D eigenvalue weighted by Crippen LogP contribution is 2.11. The summed E-state index contributed by atoms with van der Waals surface area (Å²) in [4.78, 5) is 8.46. The average Bonchev–Trinajstić information content (AvgIpc) is 2.39. The summed E-state index contributed by atoms with van der Waals surface area (Å²) in [6.45, 7) is 4.83. The molecule has 0 fully saturated rings. The van der Waals surface area contributed by atoms with E-state index in [0.29, 0.717) is 6.04 Å². The van der Waals surface area contributed by atoms with E-state index in [1.54, 1.807) is 6.20 Å². The maximum atomic E-state index is 5.87. The first-order valence-corrected chi connectivity index (χ1v) is 6.77. The van der Waals surface area contributed by atoms with Gasteiger partial charge in [-0.1, -0.05) is 23.7 Å². The summed E-state index contributed by atoms with van der Waals surface area (Å²) in [6.07, 6.45) is 2.77. The predicted molar refractivity (Wildman–Crippen MR) is 78.2 cm³/mol. The maximum Gasteiger partial charge on any atom is 0.125 e. The van der Waals surface area contributed by atoms with Gasteiger partial charge in [-0.3, -0.25) is 0 Å². The van der Waals surface area contributed by atoms with Crippen LogP contribution in [0.3, 0.4) is 0 Å². The monoisotopic (exact) mass is 275 g/mol. The first-order valence-electron chi connectivity index (χ1n) is 6.40. The van der Waals surface area contributed by atoms with Gasteiger partial charge in [0.2, 0.25) is 0 Å². The molecular weight excluding hydrogens is 258 g/mol. The summed E-state index contributed by atoms with van der Waals surface area (Å²) < 4.78 is 0. The SMILES string of the molecule is Cc1nccc(CNC(C)Cc2ccc(Cl)cc2)n1. The van der Waals surface area contributed by atoms with Crippen molar-refractivity contribution in [2.75, 3.05) is 0 Å². The van der Waals surface area contributed by atoms with Crippen molar-refractivity contribution in [2.24, 2.45) is 0 Å². The third-order valence-electron chi connectivity index (χ3n) is 2.92. The summed E-state index contributed by atoms with van der Waals surface area (Å²) in [6, 6.07) is 10.3. The molecule has 0 spiro atoms. The Morgan fingerprint density at radius 1 is 1.21 bits per heavy atom. The molecule has 1 aromatic carbocycles. The van der Waals surface area contributed by atoms with Gasteiger partial charge in [-0.2, -0.15) is 0 Å². The fourth-order valence-electron chi connectivity index (χ4n) is 1.93. The number of hydrogen-bond donors (Lipinski definition) is 1. The maximum absolute atomic E-state index is 5.87. The topological polar surface area (TPSA) is 37.8 Å². The van der Waals surface area contributed by atoms with Crippen LogP contribution in [0.1, 0.15) is 24.0 Å². The molecule has 2 rings (SSSR count). The van der Waals surface area contributed by atoms with Gasteiger partial charge in [0, 0.05) is 23.8 Å². The number of rotatable bonds is 5. The molecule has 3 nitrogen and oxygen atoms in total. The van der Waals surface area contributed by atoms with E-state index in [4.69, 9.17) is 11.6 Å². The second-order valence-electron chi connectivity index (χ2n) is 4.71. The van der Waals surface area contributed by atoms with Crippen LogP contribution >= 0.6 is 11.6 Å². The van der Waals surface area contributed by atoms with E-state index in [1.807, 2.05) is 25.1 Å². The molecule has 1 unspecified atom stereocenters. The van der Waals surface area contributed by atoms with Gasteiger partial charge >= 0.3 is 0 Å². The van der Waals surface area contributed by atoms with Crippen molar-refractivity contribution in [1.29, 1.82) is 0 Å². The fraction of sp³-hybridized carbons (Fsp3) is 0.333. The smallest absolute Gasteiger partial charge is 0.125 e. The van der Waals surface area contributed by atoms with Crippen molar-refractivity contribution in [2.45, 2.75) is 32.9 Å². The van der Waals surface area contributed by atoms with Crippen molar-refractivity contribution in [3.63, 3.8) is 0 Å². The number of benzene rings is 1. The molecule has 1 N–H and O–H groups in total. The molecule has 1 aromatic heterocycles. The van der Waals surface area contributed by atoms with E-state index < -0.39 is 0 Å². The standard InChI is InChI=1S/C15H18ClN3/c1-11(9-13-3-5-14(16)6-4-13)18-10-15-7-8-17-12(2)19-15/h3-8,11,18H,9-10H2,1-2H3. The Bertz CT molecular complexity index is 525. The molecule has 100 valence electrons. The van der Waals surface area contributed by atoms with Crippen LogP contribution in [-0.4, -0.2) is 16.0 Å². The molecule has 4 heteroatoms. The van der Waals surface area contributed by atoms with Crippen molar-refractivity contribution < 1.29 is 0 Å². The Hall–Kier alpha value is -1.45. The van der Waals surface area contributed by atoms with Gasteiger partial charge in [0.15, 0.2) is 0 Å². The Kier molecular flexibility index (Phi) is 4.88. The Balaban J connectivity index is 1.84. The lowest BCUT2D eigenvalue weighted by Crippen LogP contribution is -2.28. The number of hydrogen-bond acceptors (Lipinski definition) is 3. The summed E-state index contributed by atoms with van der Waals surface area (Å²) >= 11 is 5.87. The first kappa shape index (κ1) is 14.0. The molecule has 0 saturated carbocycles. The Morgan fingerprint density at radius 3 is 2.63 bits per heavy atom. The quantitative estimate of drug-likeness (QED) is 0.911. The van der Waals surface area contributed by atoms with Gasteiger partial charge in [-0.15, -0.1) is 0 Å². The summed E-state index contributed by atoms with van der Waals surface area (Å²) in [5.74, 6) is 0.810. The minimum absolute atomic E-state index is 0.386. The third-order valence-corrected chi connectivity index (χ3v) is 3.17. The predicted octanol–water partition coefficient (Wildman–Crippen LogP) is 3.16. The zero-order chi connectivity index (χ0) is 13.7. The van der Waals surface area contributed by atoms with E-state index >= 15 is 0 Å². The molecule has 1 heterocycles. The van der Waals surface area contributed by atoms with Gasteiger partial charge in [-0.05, 0) is 44.0 Å². The largest absolute Gasteiger partial charge is 0.308 e. The van der Waals surface area contributed by atoms with Gasteiger partial charge < -0.3 is 5.32 Å². The molecule has 0 aliphatic heterocycles. The van der Waals surface area contributed by atoms with Gasteiger partial charge in [0.05, 0.1) is 5.69 Å². The van der Waals surface area contributed by atoms with Crippen molar-refractivity contribution >= 4 is 11.6 Å². The minimum Gasteiger partial charge on any atom is -0.308 e. The van der Waals surface area contributed by atoms with Crippen LogP contribution in [0.2, 0.25) is 5.02 Å². The van der Waals surface area contributed by atoms with Crippen LogP contribution in [0, 0.1) is 6.92 Å². The zero-order valence-corrected chi connectivity index (χ0v) is 12.0. The first-order chi connectivity index (χ1) is 9.13. The highest BCUT2D eigenvalue weighted by atomic mass is 35.5. The summed E-state index contributed by atoms with van der Waals surface area (Å²) in [5, 5.41) is 4.24. The van der Waals surface area contributed by atoms with E-state index in [-0.39, 0.29) is 0 Å². The van der Waals surface area contributed by atoms with Crippen LogP contribution in [0.15, 0.2) is 36.5 Å². The molecule has 0 radical (unpaired) electrons. The number of halogens is 1. The molecule has 0 amide bonds. The van der Waals surface area contributed by atoms with Crippen molar-refractivity contribution in [3.05, 3.63) is 58.6 Å². The van der Waals surface area contributed by atoms with E-state index in [1.165, 1.54) is 5.56 Å². The number of nitrogens with zero attached hydrogens (tertiary/aromatic N) is 2. The summed E-state index contributed by atoms with van der Waals surface area (Å²) in [5.41, 5.74) is 2.30. The molecule has 2 aromatic rings. The second-order valence-corrected chi connectivity index (χ2v) is 5.14. The van der Waals surface area contributed by atoms with E-state index in [0.717, 1.165) is 29.5 Å². The minimum atomic E-state index is 0.386. The number of aromatic nitrogens is 2. The van der Waals surface area contributed by atoms with Crippen LogP contribution in [0.5, 0.6) is 0 Å². The number of nitrogens with one attached hydrogen (secondary N) is 1.